The highest BCUT2D eigenvalue weighted by atomic mass is 16.8. The van der Waals surface area contributed by atoms with Crippen LogP contribution in [0.25, 0.3) is 0 Å². The number of benzene rings is 1. The molecule has 0 aliphatic heterocycles. The fraction of sp³-hybridized carbons (Fsp3) is 0.200. The Labute approximate surface area is 109 Å². The second kappa shape index (κ2) is 7.16. The van der Waals surface area contributed by atoms with Crippen molar-refractivity contribution >= 4 is 12.2 Å². The Kier molecular flexibility index (Phi) is 5.54. The average Bonchev–Trinajstić information content (AvgIpc) is 2.37. The van der Waals surface area contributed by atoms with Crippen molar-refractivity contribution in [2.24, 2.45) is 15.9 Å². The molecule has 0 bridgehead atoms. The van der Waals surface area contributed by atoms with Gasteiger partial charge in [-0.05, 0) is 23.8 Å². The third-order valence-electron chi connectivity index (χ3n) is 1.99. The van der Waals surface area contributed by atoms with Gasteiger partial charge >= 0.3 is 0 Å². The summed E-state index contributed by atoms with van der Waals surface area (Å²) in [6.07, 6.45) is 1.41. The lowest BCUT2D eigenvalue weighted by atomic mass is 10.2. The highest BCUT2D eigenvalue weighted by Crippen LogP contribution is 2.26. The maximum absolute atomic E-state index is 8.40. The normalized spacial score (nSPS) is 11.9. The van der Waals surface area contributed by atoms with Crippen molar-refractivity contribution in [3.8, 4) is 11.5 Å². The zero-order valence-electron chi connectivity index (χ0n) is 10.4. The minimum absolute atomic E-state index is 0.290. The Morgan fingerprint density at radius 1 is 1.32 bits per heavy atom. The van der Waals surface area contributed by atoms with Crippen LogP contribution in [0.4, 0.5) is 0 Å². The summed E-state index contributed by atoms with van der Waals surface area (Å²) >= 11 is 0. The predicted molar refractivity (Wildman–Crippen MR) is 67.3 cm³/mol. The molecule has 0 radical (unpaired) electrons. The van der Waals surface area contributed by atoms with Crippen LogP contribution in [0.5, 0.6) is 11.5 Å². The van der Waals surface area contributed by atoms with Gasteiger partial charge in [-0.1, -0.05) is 0 Å². The topological polar surface area (TPSA) is 125 Å². The third-order valence-corrected chi connectivity index (χ3v) is 1.99. The number of nitrogens with zero attached hydrogens (tertiary/aromatic N) is 3. The van der Waals surface area contributed by atoms with Crippen molar-refractivity contribution in [1.82, 2.24) is 10.8 Å². The van der Waals surface area contributed by atoms with Crippen molar-refractivity contribution in [2.45, 2.75) is 0 Å². The van der Waals surface area contributed by atoms with Crippen molar-refractivity contribution in [3.05, 3.63) is 23.8 Å². The molecule has 0 heterocycles. The number of ether oxygens (including phenoxy) is 2. The van der Waals surface area contributed by atoms with Crippen LogP contribution in [0.2, 0.25) is 0 Å². The van der Waals surface area contributed by atoms with Crippen molar-refractivity contribution in [2.75, 3.05) is 14.2 Å². The van der Waals surface area contributed by atoms with E-state index in [4.69, 9.17) is 25.6 Å². The molecule has 0 saturated carbocycles. The third kappa shape index (κ3) is 4.79. The summed E-state index contributed by atoms with van der Waals surface area (Å²) in [5, 5.41) is 23.6. The molecule has 1 aromatic carbocycles. The molecule has 9 heteroatoms. The summed E-state index contributed by atoms with van der Waals surface area (Å²) < 4.78 is 10.2. The smallest absolute Gasteiger partial charge is 0.232 e. The van der Waals surface area contributed by atoms with Crippen LogP contribution in [-0.4, -0.2) is 42.1 Å². The van der Waals surface area contributed by atoms with E-state index in [-0.39, 0.29) is 11.3 Å². The molecule has 0 atom stereocenters. The van der Waals surface area contributed by atoms with Crippen LogP contribution in [-0.2, 0) is 0 Å². The Hall–Kier alpha value is -2.36. The summed E-state index contributed by atoms with van der Waals surface area (Å²) in [6.45, 7) is 0. The summed E-state index contributed by atoms with van der Waals surface area (Å²) in [5.41, 5.74) is 7.85. The van der Waals surface area contributed by atoms with Crippen LogP contribution >= 0.6 is 0 Å². The summed E-state index contributed by atoms with van der Waals surface area (Å²) in [7, 11) is 3.06. The minimum atomic E-state index is -0.329. The average molecular weight is 269 g/mol. The highest BCUT2D eigenvalue weighted by Gasteiger charge is 2.02. The van der Waals surface area contributed by atoms with Crippen molar-refractivity contribution in [1.29, 1.82) is 0 Å². The van der Waals surface area contributed by atoms with Gasteiger partial charge in [-0.2, -0.15) is 5.10 Å². The molecule has 0 spiro atoms. The first-order valence-electron chi connectivity index (χ1n) is 5.10. The van der Waals surface area contributed by atoms with Crippen molar-refractivity contribution in [3.63, 3.8) is 0 Å². The van der Waals surface area contributed by atoms with E-state index in [2.05, 4.69) is 10.2 Å². The van der Waals surface area contributed by atoms with Gasteiger partial charge in [0.25, 0.3) is 0 Å². The van der Waals surface area contributed by atoms with E-state index in [1.807, 2.05) is 5.43 Å². The Morgan fingerprint density at radius 3 is 2.58 bits per heavy atom. The maximum atomic E-state index is 8.40. The van der Waals surface area contributed by atoms with Gasteiger partial charge in [-0.15, -0.1) is 5.10 Å². The molecular weight excluding hydrogens is 254 g/mol. The number of nitrogens with one attached hydrogen (secondary N) is 1. The SMILES string of the molecule is COc1ccc(C=NN=C(N)NN(O)O)cc1OC. The van der Waals surface area contributed by atoms with Gasteiger partial charge in [0, 0.05) is 5.34 Å². The largest absolute Gasteiger partial charge is 0.493 e. The van der Waals surface area contributed by atoms with E-state index in [0.717, 1.165) is 0 Å². The first-order valence-corrected chi connectivity index (χ1v) is 5.10. The second-order valence-corrected chi connectivity index (χ2v) is 3.25. The van der Waals surface area contributed by atoms with E-state index < -0.39 is 0 Å². The van der Waals surface area contributed by atoms with Crippen LogP contribution in [0, 0.1) is 0 Å². The molecule has 0 aliphatic carbocycles. The monoisotopic (exact) mass is 269 g/mol. The molecule has 0 saturated heterocycles. The maximum Gasteiger partial charge on any atom is 0.232 e. The standard InChI is InChI=1S/C10H15N5O4/c1-18-8-4-3-7(5-9(8)19-2)6-12-13-10(11)14-15(16)17/h3-6,16-17H,1-2H3,(H3,11,13,14). The van der Waals surface area contributed by atoms with Crippen LogP contribution in [0.15, 0.2) is 28.4 Å². The molecule has 0 aliphatic rings. The minimum Gasteiger partial charge on any atom is -0.493 e. The molecule has 1 aromatic rings. The number of methoxy groups -OCH3 is 2. The summed E-state index contributed by atoms with van der Waals surface area (Å²) in [5.74, 6) is 0.862. The number of guanidine groups is 1. The van der Waals surface area contributed by atoms with Gasteiger partial charge in [-0.3, -0.25) is 10.4 Å². The summed E-state index contributed by atoms with van der Waals surface area (Å²) in [6, 6.07) is 5.16. The van der Waals surface area contributed by atoms with Gasteiger partial charge in [0.2, 0.25) is 5.96 Å². The number of nitrogens with two attached hydrogens (primary N) is 1. The molecular formula is C10H15N5O4. The fourth-order valence-corrected chi connectivity index (χ4v) is 1.22. The zero-order valence-corrected chi connectivity index (χ0v) is 10.4. The van der Waals surface area contributed by atoms with E-state index in [0.29, 0.717) is 17.1 Å². The molecule has 1 rings (SSSR count). The first kappa shape index (κ1) is 14.7. The van der Waals surface area contributed by atoms with Gasteiger partial charge < -0.3 is 15.2 Å². The molecule has 19 heavy (non-hydrogen) atoms. The number of rotatable bonds is 5. The van der Waals surface area contributed by atoms with Gasteiger partial charge in [0.1, 0.15) is 0 Å². The molecule has 104 valence electrons. The second-order valence-electron chi connectivity index (χ2n) is 3.25. The zero-order chi connectivity index (χ0) is 14.3. The fourth-order valence-electron chi connectivity index (χ4n) is 1.22. The Balaban J connectivity index is 2.77. The lowest BCUT2D eigenvalue weighted by molar-refractivity contribution is -0.329. The van der Waals surface area contributed by atoms with Gasteiger partial charge in [-0.25, -0.2) is 5.43 Å². The van der Waals surface area contributed by atoms with Crippen LogP contribution in [0.1, 0.15) is 5.56 Å². The molecule has 0 fully saturated rings. The van der Waals surface area contributed by atoms with E-state index >= 15 is 0 Å². The Bertz CT molecular complexity index is 475. The Morgan fingerprint density at radius 2 is 2.00 bits per heavy atom. The van der Waals surface area contributed by atoms with Crippen LogP contribution in [0.3, 0.4) is 0 Å². The van der Waals surface area contributed by atoms with E-state index in [1.165, 1.54) is 20.4 Å². The van der Waals surface area contributed by atoms with E-state index in [1.54, 1.807) is 18.2 Å². The predicted octanol–water partition coefficient (Wildman–Crippen LogP) is -0.0626. The number of hydrogen-bond donors (Lipinski definition) is 4. The molecule has 9 nitrogen and oxygen atoms in total. The molecule has 0 amide bonds. The molecule has 5 N–H and O–H groups in total. The van der Waals surface area contributed by atoms with Gasteiger partial charge in [0.05, 0.1) is 20.4 Å². The van der Waals surface area contributed by atoms with Gasteiger partial charge in [0.15, 0.2) is 11.5 Å². The number of hydrogen-bond acceptors (Lipinski definition) is 7. The molecule has 0 aromatic heterocycles. The quantitative estimate of drug-likeness (QED) is 0.335. The van der Waals surface area contributed by atoms with Crippen LogP contribution < -0.4 is 20.6 Å². The van der Waals surface area contributed by atoms with E-state index in [9.17, 15) is 0 Å². The summed E-state index contributed by atoms with van der Waals surface area (Å²) in [4.78, 5) is 0. The highest BCUT2D eigenvalue weighted by molar-refractivity contribution is 5.82. The van der Waals surface area contributed by atoms with Crippen molar-refractivity contribution < 1.29 is 19.9 Å². The lowest BCUT2D eigenvalue weighted by Crippen LogP contribution is -2.41. The number of hydrazine groups is 1. The molecule has 0 unspecified atom stereocenters. The lowest BCUT2D eigenvalue weighted by Gasteiger charge is -2.07. The first-order chi connectivity index (χ1) is 9.06.